The Hall–Kier alpha value is -1.71. The van der Waals surface area contributed by atoms with Gasteiger partial charge in [0.05, 0.1) is 5.56 Å². The average molecular weight is 234 g/mol. The van der Waals surface area contributed by atoms with Crippen LogP contribution < -0.4 is 5.73 Å². The molecule has 2 aromatic rings. The summed E-state index contributed by atoms with van der Waals surface area (Å²) in [6.45, 7) is 8.12. The Bertz CT molecular complexity index is 524. The number of hydrogen-bond donors (Lipinski definition) is 1. The molecule has 4 heteroatoms. The first kappa shape index (κ1) is 11.8. The Morgan fingerprint density at radius 2 is 2.06 bits per heavy atom. The predicted molar refractivity (Wildman–Crippen MR) is 66.6 cm³/mol. The number of rotatable bonds is 3. The number of anilines is 1. The normalized spacial score (nSPS) is 11.4. The largest absolute Gasteiger partial charge is 0.466 e. The van der Waals surface area contributed by atoms with Gasteiger partial charge in [0, 0.05) is 5.56 Å². The number of aryl methyl sites for hydroxylation is 2. The van der Waals surface area contributed by atoms with E-state index in [2.05, 4.69) is 19.0 Å². The summed E-state index contributed by atoms with van der Waals surface area (Å²) in [5.74, 6) is 3.42. The Kier molecular flexibility index (Phi) is 2.96. The highest BCUT2D eigenvalue weighted by Crippen LogP contribution is 2.33. The maximum Gasteiger partial charge on any atom is 0.175 e. The van der Waals surface area contributed by atoms with E-state index in [0.29, 0.717) is 11.7 Å². The van der Waals surface area contributed by atoms with Gasteiger partial charge in [0.15, 0.2) is 11.6 Å². The number of furan rings is 1. The summed E-state index contributed by atoms with van der Waals surface area (Å²) in [5.41, 5.74) is 7.77. The van der Waals surface area contributed by atoms with Gasteiger partial charge in [-0.15, -0.1) is 0 Å². The standard InChI is InChI=1S/C13H18N2O2/c1-7(2)5-11-12(17-15-13(11)14)10-6-8(3)16-9(10)4/h6-7H,5H2,1-4H3,(H2,14,15). The maximum absolute atomic E-state index is 5.85. The van der Waals surface area contributed by atoms with Gasteiger partial charge in [-0.2, -0.15) is 0 Å². The first-order chi connectivity index (χ1) is 7.99. The Morgan fingerprint density at radius 1 is 1.35 bits per heavy atom. The van der Waals surface area contributed by atoms with E-state index in [-0.39, 0.29) is 0 Å². The van der Waals surface area contributed by atoms with Crippen molar-refractivity contribution in [3.63, 3.8) is 0 Å². The molecular formula is C13H18N2O2. The van der Waals surface area contributed by atoms with Crippen LogP contribution in [0.1, 0.15) is 30.9 Å². The third kappa shape index (κ3) is 2.20. The average Bonchev–Trinajstić information content (AvgIpc) is 2.71. The molecule has 0 bridgehead atoms. The van der Waals surface area contributed by atoms with Gasteiger partial charge in [-0.1, -0.05) is 19.0 Å². The third-order valence-corrected chi connectivity index (χ3v) is 2.72. The van der Waals surface area contributed by atoms with Crippen LogP contribution in [0.5, 0.6) is 0 Å². The van der Waals surface area contributed by atoms with Gasteiger partial charge in [0.2, 0.25) is 0 Å². The van der Waals surface area contributed by atoms with Crippen LogP contribution in [-0.4, -0.2) is 5.16 Å². The number of nitrogen functional groups attached to an aromatic ring is 1. The lowest BCUT2D eigenvalue weighted by molar-refractivity contribution is 0.432. The molecule has 2 N–H and O–H groups in total. The van der Waals surface area contributed by atoms with Crippen LogP contribution in [0.15, 0.2) is 15.0 Å². The molecule has 2 heterocycles. The number of nitrogens with zero attached hydrogens (tertiary/aromatic N) is 1. The lowest BCUT2D eigenvalue weighted by atomic mass is 10.00. The van der Waals surface area contributed by atoms with Crippen molar-refractivity contribution in [3.8, 4) is 11.3 Å². The second-order valence-electron chi connectivity index (χ2n) is 4.80. The summed E-state index contributed by atoms with van der Waals surface area (Å²) in [6.07, 6.45) is 0.855. The summed E-state index contributed by atoms with van der Waals surface area (Å²) in [7, 11) is 0. The molecule has 0 atom stereocenters. The lowest BCUT2D eigenvalue weighted by Gasteiger charge is -2.04. The van der Waals surface area contributed by atoms with Crippen LogP contribution in [0.25, 0.3) is 11.3 Å². The predicted octanol–water partition coefficient (Wildman–Crippen LogP) is 3.33. The smallest absolute Gasteiger partial charge is 0.175 e. The zero-order valence-corrected chi connectivity index (χ0v) is 10.7. The second-order valence-corrected chi connectivity index (χ2v) is 4.80. The van der Waals surface area contributed by atoms with E-state index in [1.54, 1.807) is 0 Å². The highest BCUT2D eigenvalue weighted by molar-refractivity contribution is 5.68. The van der Waals surface area contributed by atoms with E-state index < -0.39 is 0 Å². The van der Waals surface area contributed by atoms with Gasteiger partial charge < -0.3 is 14.7 Å². The van der Waals surface area contributed by atoms with Gasteiger partial charge >= 0.3 is 0 Å². The summed E-state index contributed by atoms with van der Waals surface area (Å²) >= 11 is 0. The lowest BCUT2D eigenvalue weighted by Crippen LogP contribution is -1.98. The van der Waals surface area contributed by atoms with Crippen molar-refractivity contribution < 1.29 is 8.94 Å². The molecule has 0 aliphatic rings. The van der Waals surface area contributed by atoms with Gasteiger partial charge in [0.25, 0.3) is 0 Å². The molecule has 0 spiro atoms. The van der Waals surface area contributed by atoms with E-state index >= 15 is 0 Å². The van der Waals surface area contributed by atoms with Crippen LogP contribution in [0.4, 0.5) is 5.82 Å². The summed E-state index contributed by atoms with van der Waals surface area (Å²) in [5, 5.41) is 3.86. The van der Waals surface area contributed by atoms with E-state index in [0.717, 1.165) is 34.8 Å². The fourth-order valence-corrected chi connectivity index (χ4v) is 1.99. The fraction of sp³-hybridized carbons (Fsp3) is 0.462. The monoisotopic (exact) mass is 234 g/mol. The summed E-state index contributed by atoms with van der Waals surface area (Å²) in [6, 6.07) is 1.96. The minimum atomic E-state index is 0.479. The van der Waals surface area contributed by atoms with Gasteiger partial charge in [-0.3, -0.25) is 0 Å². The van der Waals surface area contributed by atoms with Crippen molar-refractivity contribution >= 4 is 5.82 Å². The first-order valence-corrected chi connectivity index (χ1v) is 5.80. The van der Waals surface area contributed by atoms with E-state index in [4.69, 9.17) is 14.7 Å². The molecule has 0 saturated carbocycles. The second kappa shape index (κ2) is 4.28. The molecule has 0 fully saturated rings. The van der Waals surface area contributed by atoms with Crippen LogP contribution in [0.2, 0.25) is 0 Å². The highest BCUT2D eigenvalue weighted by Gasteiger charge is 2.20. The molecule has 2 rings (SSSR count). The Labute approximate surface area is 101 Å². The molecule has 92 valence electrons. The molecular weight excluding hydrogens is 216 g/mol. The minimum absolute atomic E-state index is 0.479. The third-order valence-electron chi connectivity index (χ3n) is 2.72. The van der Waals surface area contributed by atoms with Crippen molar-refractivity contribution in [2.24, 2.45) is 5.92 Å². The van der Waals surface area contributed by atoms with Crippen molar-refractivity contribution in [2.75, 3.05) is 5.73 Å². The number of aromatic nitrogens is 1. The highest BCUT2D eigenvalue weighted by atomic mass is 16.5. The maximum atomic E-state index is 5.85. The molecule has 0 aliphatic heterocycles. The number of hydrogen-bond acceptors (Lipinski definition) is 4. The molecule has 2 aromatic heterocycles. The SMILES string of the molecule is Cc1cc(-c2onc(N)c2CC(C)C)c(C)o1. The fourth-order valence-electron chi connectivity index (χ4n) is 1.99. The van der Waals surface area contributed by atoms with Crippen LogP contribution >= 0.6 is 0 Å². The molecule has 4 nitrogen and oxygen atoms in total. The van der Waals surface area contributed by atoms with Crippen LogP contribution in [0, 0.1) is 19.8 Å². The number of nitrogens with two attached hydrogens (primary N) is 1. The zero-order chi connectivity index (χ0) is 12.6. The van der Waals surface area contributed by atoms with E-state index in [1.165, 1.54) is 0 Å². The van der Waals surface area contributed by atoms with Crippen LogP contribution in [-0.2, 0) is 6.42 Å². The topological polar surface area (TPSA) is 65.2 Å². The molecule has 0 radical (unpaired) electrons. The van der Waals surface area contributed by atoms with Crippen molar-refractivity contribution in [2.45, 2.75) is 34.1 Å². The minimum Gasteiger partial charge on any atom is -0.466 e. The Balaban J connectivity index is 2.48. The first-order valence-electron chi connectivity index (χ1n) is 5.80. The zero-order valence-electron chi connectivity index (χ0n) is 10.7. The van der Waals surface area contributed by atoms with Crippen molar-refractivity contribution in [1.82, 2.24) is 5.16 Å². The van der Waals surface area contributed by atoms with Gasteiger partial charge in [-0.25, -0.2) is 0 Å². The molecule has 0 saturated heterocycles. The van der Waals surface area contributed by atoms with Crippen molar-refractivity contribution in [3.05, 3.63) is 23.2 Å². The van der Waals surface area contributed by atoms with Crippen LogP contribution in [0.3, 0.4) is 0 Å². The van der Waals surface area contributed by atoms with E-state index in [1.807, 2.05) is 19.9 Å². The quantitative estimate of drug-likeness (QED) is 0.884. The molecule has 17 heavy (non-hydrogen) atoms. The van der Waals surface area contributed by atoms with Gasteiger partial charge in [-0.05, 0) is 32.3 Å². The van der Waals surface area contributed by atoms with Gasteiger partial charge in [0.1, 0.15) is 11.5 Å². The molecule has 0 unspecified atom stereocenters. The molecule has 0 amide bonds. The van der Waals surface area contributed by atoms with Crippen molar-refractivity contribution in [1.29, 1.82) is 0 Å². The molecule has 0 aliphatic carbocycles. The van der Waals surface area contributed by atoms with E-state index in [9.17, 15) is 0 Å². The summed E-state index contributed by atoms with van der Waals surface area (Å²) in [4.78, 5) is 0. The molecule has 0 aromatic carbocycles. The Morgan fingerprint density at radius 3 is 2.59 bits per heavy atom. The summed E-state index contributed by atoms with van der Waals surface area (Å²) < 4.78 is 10.9.